The van der Waals surface area contributed by atoms with Crippen molar-refractivity contribution in [2.45, 2.75) is 39.2 Å². The monoisotopic (exact) mass is 241 g/mol. The summed E-state index contributed by atoms with van der Waals surface area (Å²) in [7, 11) is 0. The molecule has 98 valence electrons. The Balaban J connectivity index is 2.08. The first-order valence-corrected chi connectivity index (χ1v) is 6.37. The largest absolute Gasteiger partial charge is 0.347 e. The molecule has 1 fully saturated rings. The van der Waals surface area contributed by atoms with E-state index in [9.17, 15) is 9.59 Å². The summed E-state index contributed by atoms with van der Waals surface area (Å²) in [6.07, 6.45) is 2.58. The van der Waals surface area contributed by atoms with Gasteiger partial charge in [-0.1, -0.05) is 13.8 Å². The van der Waals surface area contributed by atoms with Crippen LogP contribution in [0.25, 0.3) is 0 Å². The molecule has 17 heavy (non-hydrogen) atoms. The summed E-state index contributed by atoms with van der Waals surface area (Å²) in [5.41, 5.74) is 0. The van der Waals surface area contributed by atoms with Crippen LogP contribution in [-0.4, -0.2) is 48.9 Å². The van der Waals surface area contributed by atoms with Gasteiger partial charge < -0.3 is 15.5 Å². The van der Waals surface area contributed by atoms with Crippen molar-refractivity contribution in [1.82, 2.24) is 15.5 Å². The summed E-state index contributed by atoms with van der Waals surface area (Å²) in [4.78, 5) is 24.9. The molecule has 1 aliphatic heterocycles. The molecular weight excluding hydrogens is 218 g/mol. The number of likely N-dealkylation sites (tertiary alicyclic amines) is 1. The van der Waals surface area contributed by atoms with Gasteiger partial charge in [-0.3, -0.25) is 9.59 Å². The number of hydrogen-bond acceptors (Lipinski definition) is 3. The summed E-state index contributed by atoms with van der Waals surface area (Å²) in [6.45, 7) is 6.54. The number of rotatable bonds is 6. The normalized spacial score (nSPS) is 15.4. The van der Waals surface area contributed by atoms with E-state index in [1.165, 1.54) is 0 Å². The Morgan fingerprint density at radius 2 is 1.88 bits per heavy atom. The Labute approximate surface area is 103 Å². The summed E-state index contributed by atoms with van der Waals surface area (Å²) in [6, 6.07) is 0.383. The molecule has 0 saturated carbocycles. The van der Waals surface area contributed by atoms with E-state index in [1.807, 2.05) is 18.7 Å². The minimum Gasteiger partial charge on any atom is -0.347 e. The molecular formula is C12H23N3O2. The van der Waals surface area contributed by atoms with Crippen LogP contribution < -0.4 is 10.6 Å². The van der Waals surface area contributed by atoms with E-state index in [1.54, 1.807) is 0 Å². The van der Waals surface area contributed by atoms with Crippen LogP contribution in [0.2, 0.25) is 0 Å². The quantitative estimate of drug-likeness (QED) is 0.694. The van der Waals surface area contributed by atoms with Crippen molar-refractivity contribution in [3.8, 4) is 0 Å². The number of nitrogens with zero attached hydrogens (tertiary/aromatic N) is 1. The summed E-state index contributed by atoms with van der Waals surface area (Å²) in [5.74, 6) is -0.0293. The molecule has 1 aliphatic rings. The van der Waals surface area contributed by atoms with Gasteiger partial charge in [0.1, 0.15) is 0 Å². The van der Waals surface area contributed by atoms with Gasteiger partial charge in [0.15, 0.2) is 0 Å². The van der Waals surface area contributed by atoms with E-state index in [0.717, 1.165) is 25.9 Å². The van der Waals surface area contributed by atoms with E-state index in [-0.39, 0.29) is 18.4 Å². The van der Waals surface area contributed by atoms with Gasteiger partial charge in [0.05, 0.1) is 6.54 Å². The molecule has 2 N–H and O–H groups in total. The third-order valence-corrected chi connectivity index (χ3v) is 2.80. The molecule has 0 aromatic carbocycles. The maximum atomic E-state index is 11.6. The highest BCUT2D eigenvalue weighted by molar-refractivity contribution is 5.84. The fraction of sp³-hybridized carbons (Fsp3) is 0.833. The fourth-order valence-corrected chi connectivity index (χ4v) is 1.82. The van der Waals surface area contributed by atoms with Crippen molar-refractivity contribution in [3.05, 3.63) is 0 Å². The Kier molecular flexibility index (Phi) is 5.97. The highest BCUT2D eigenvalue weighted by atomic mass is 16.2. The molecule has 0 aliphatic carbocycles. The molecule has 0 atom stereocenters. The zero-order valence-electron chi connectivity index (χ0n) is 10.8. The fourth-order valence-electron chi connectivity index (χ4n) is 1.82. The second-order valence-corrected chi connectivity index (χ2v) is 4.72. The molecule has 2 amide bonds. The van der Waals surface area contributed by atoms with Crippen LogP contribution in [-0.2, 0) is 9.59 Å². The van der Waals surface area contributed by atoms with E-state index < -0.39 is 0 Å². The van der Waals surface area contributed by atoms with Gasteiger partial charge in [0.25, 0.3) is 0 Å². The lowest BCUT2D eigenvalue weighted by Gasteiger charge is -2.15. The maximum absolute atomic E-state index is 11.6. The van der Waals surface area contributed by atoms with Gasteiger partial charge in [-0.15, -0.1) is 0 Å². The van der Waals surface area contributed by atoms with E-state index in [4.69, 9.17) is 0 Å². The molecule has 1 rings (SSSR count). The van der Waals surface area contributed by atoms with Crippen LogP contribution >= 0.6 is 0 Å². The Morgan fingerprint density at radius 1 is 1.24 bits per heavy atom. The number of nitrogens with one attached hydrogen (secondary N) is 2. The Bertz CT molecular complexity index is 260. The van der Waals surface area contributed by atoms with Gasteiger partial charge in [-0.25, -0.2) is 0 Å². The van der Waals surface area contributed by atoms with Crippen molar-refractivity contribution in [1.29, 1.82) is 0 Å². The minimum atomic E-state index is -0.0642. The first kappa shape index (κ1) is 14.0. The van der Waals surface area contributed by atoms with Crippen LogP contribution in [0.5, 0.6) is 0 Å². The van der Waals surface area contributed by atoms with Crippen LogP contribution in [0, 0.1) is 0 Å². The van der Waals surface area contributed by atoms with E-state index >= 15 is 0 Å². The summed E-state index contributed by atoms with van der Waals surface area (Å²) >= 11 is 0. The van der Waals surface area contributed by atoms with Crippen LogP contribution in [0.15, 0.2) is 0 Å². The molecule has 0 aromatic heterocycles. The number of carbonyl (C=O) groups is 2. The van der Waals surface area contributed by atoms with Crippen molar-refractivity contribution in [2.75, 3.05) is 26.2 Å². The topological polar surface area (TPSA) is 61.4 Å². The van der Waals surface area contributed by atoms with Crippen LogP contribution in [0.3, 0.4) is 0 Å². The highest BCUT2D eigenvalue weighted by Gasteiger charge is 2.17. The van der Waals surface area contributed by atoms with Crippen molar-refractivity contribution in [3.63, 3.8) is 0 Å². The smallest absolute Gasteiger partial charge is 0.241 e. The molecule has 5 heteroatoms. The summed E-state index contributed by atoms with van der Waals surface area (Å²) in [5, 5.41) is 5.83. The zero-order chi connectivity index (χ0) is 12.7. The first-order valence-electron chi connectivity index (χ1n) is 6.37. The summed E-state index contributed by atoms with van der Waals surface area (Å²) < 4.78 is 0. The molecule has 0 bridgehead atoms. The average Bonchev–Trinajstić information content (AvgIpc) is 2.78. The van der Waals surface area contributed by atoms with Crippen LogP contribution in [0.1, 0.15) is 33.1 Å². The molecule has 1 saturated heterocycles. The lowest BCUT2D eigenvalue weighted by atomic mass is 10.3. The third kappa shape index (κ3) is 5.68. The zero-order valence-corrected chi connectivity index (χ0v) is 10.8. The number of amides is 2. The van der Waals surface area contributed by atoms with Crippen molar-refractivity contribution in [2.24, 2.45) is 0 Å². The molecule has 0 unspecified atom stereocenters. The van der Waals surface area contributed by atoms with Gasteiger partial charge in [-0.05, 0) is 12.8 Å². The molecule has 0 radical (unpaired) electrons. The van der Waals surface area contributed by atoms with Crippen molar-refractivity contribution >= 4 is 11.8 Å². The Hall–Kier alpha value is -1.10. The van der Waals surface area contributed by atoms with E-state index in [2.05, 4.69) is 10.6 Å². The molecule has 0 spiro atoms. The number of carbonyl (C=O) groups excluding carboxylic acids is 2. The second kappa shape index (κ2) is 7.27. The lowest BCUT2D eigenvalue weighted by molar-refractivity contribution is -0.132. The maximum Gasteiger partial charge on any atom is 0.241 e. The first-order chi connectivity index (χ1) is 8.09. The third-order valence-electron chi connectivity index (χ3n) is 2.80. The molecule has 5 nitrogen and oxygen atoms in total. The van der Waals surface area contributed by atoms with E-state index in [0.29, 0.717) is 19.0 Å². The minimum absolute atomic E-state index is 0.0349. The highest BCUT2D eigenvalue weighted by Crippen LogP contribution is 2.06. The standard InChI is InChI=1S/C12H23N3O2/c1-10(2)13-6-5-11(16)14-9-12(17)15-7-3-4-8-15/h10,13H,3-9H2,1-2H3,(H,14,16). The SMILES string of the molecule is CC(C)NCCC(=O)NCC(=O)N1CCCC1. The van der Waals surface area contributed by atoms with Crippen molar-refractivity contribution < 1.29 is 9.59 Å². The lowest BCUT2D eigenvalue weighted by Crippen LogP contribution is -2.39. The van der Waals surface area contributed by atoms with Gasteiger partial charge >= 0.3 is 0 Å². The predicted molar refractivity (Wildman–Crippen MR) is 66.6 cm³/mol. The van der Waals surface area contributed by atoms with Crippen LogP contribution in [0.4, 0.5) is 0 Å². The van der Waals surface area contributed by atoms with Gasteiger partial charge in [0.2, 0.25) is 11.8 Å². The van der Waals surface area contributed by atoms with Gasteiger partial charge in [0, 0.05) is 32.1 Å². The Morgan fingerprint density at radius 3 is 2.47 bits per heavy atom. The average molecular weight is 241 g/mol. The second-order valence-electron chi connectivity index (χ2n) is 4.72. The predicted octanol–water partition coefficient (Wildman–Crippen LogP) is 0.113. The molecule has 1 heterocycles. The van der Waals surface area contributed by atoms with Gasteiger partial charge in [-0.2, -0.15) is 0 Å². The molecule has 0 aromatic rings. The number of hydrogen-bond donors (Lipinski definition) is 2.